The zero-order chi connectivity index (χ0) is 16.2. The van der Waals surface area contributed by atoms with Crippen LogP contribution in [0.3, 0.4) is 0 Å². The first kappa shape index (κ1) is 14.3. The third kappa shape index (κ3) is 3.18. The molecule has 0 radical (unpaired) electrons. The fourth-order valence-corrected chi connectivity index (χ4v) is 1.95. The number of nitro benzene ring substituents is 1. The van der Waals surface area contributed by atoms with Crippen molar-refractivity contribution in [1.82, 2.24) is 20.2 Å². The predicted molar refractivity (Wildman–Crippen MR) is 80.2 cm³/mol. The Morgan fingerprint density at radius 1 is 1.17 bits per heavy atom. The molecule has 3 aromatic rings. The molecule has 1 N–H and O–H groups in total. The first-order valence-corrected chi connectivity index (χ1v) is 6.53. The molecule has 9 nitrogen and oxygen atoms in total. The van der Waals surface area contributed by atoms with Gasteiger partial charge in [-0.15, -0.1) is 5.10 Å². The molecule has 0 saturated heterocycles. The first-order chi connectivity index (χ1) is 11.1. The molecule has 3 rings (SSSR count). The summed E-state index contributed by atoms with van der Waals surface area (Å²) < 4.78 is 1.46. The summed E-state index contributed by atoms with van der Waals surface area (Å²) in [6.45, 7) is 0. The van der Waals surface area contributed by atoms with Crippen molar-refractivity contribution in [2.45, 2.75) is 0 Å². The third-order valence-corrected chi connectivity index (χ3v) is 3.06. The maximum Gasteiger partial charge on any atom is 0.271 e. The van der Waals surface area contributed by atoms with Gasteiger partial charge in [-0.25, -0.2) is 4.68 Å². The molecule has 9 heteroatoms. The van der Waals surface area contributed by atoms with Gasteiger partial charge < -0.3 is 5.32 Å². The summed E-state index contributed by atoms with van der Waals surface area (Å²) >= 11 is 0. The molecule has 0 aliphatic rings. The van der Waals surface area contributed by atoms with Crippen molar-refractivity contribution < 1.29 is 9.72 Å². The lowest BCUT2D eigenvalue weighted by atomic mass is 10.2. The van der Waals surface area contributed by atoms with Crippen molar-refractivity contribution in [3.63, 3.8) is 0 Å². The van der Waals surface area contributed by atoms with Crippen molar-refractivity contribution >= 4 is 17.3 Å². The van der Waals surface area contributed by atoms with Crippen LogP contribution in [0.4, 0.5) is 11.4 Å². The maximum atomic E-state index is 12.2. The van der Waals surface area contributed by atoms with Crippen LogP contribution in [-0.2, 0) is 0 Å². The highest BCUT2D eigenvalue weighted by Crippen LogP contribution is 2.18. The number of nitrogens with one attached hydrogen (secondary N) is 1. The molecule has 1 aromatic heterocycles. The van der Waals surface area contributed by atoms with E-state index in [4.69, 9.17) is 0 Å². The Balaban J connectivity index is 1.76. The summed E-state index contributed by atoms with van der Waals surface area (Å²) in [6, 6.07) is 12.4. The van der Waals surface area contributed by atoms with Gasteiger partial charge in [0.25, 0.3) is 11.6 Å². The standard InChI is InChI=1S/C14H10N6O3/c21-14(16-11-2-1-3-13(8-11)20(22)23)10-4-6-12(7-5-10)19-9-15-17-18-19/h1-9H,(H,16,21). The number of non-ortho nitro benzene ring substituents is 1. The number of nitrogens with zero attached hydrogens (tertiary/aromatic N) is 5. The number of nitro groups is 1. The van der Waals surface area contributed by atoms with Gasteiger partial charge in [-0.05, 0) is 40.8 Å². The van der Waals surface area contributed by atoms with Crippen molar-refractivity contribution in [3.05, 3.63) is 70.5 Å². The average Bonchev–Trinajstić information content (AvgIpc) is 3.09. The highest BCUT2D eigenvalue weighted by atomic mass is 16.6. The highest BCUT2D eigenvalue weighted by molar-refractivity contribution is 6.04. The quantitative estimate of drug-likeness (QED) is 0.580. The van der Waals surface area contributed by atoms with Crippen molar-refractivity contribution in [1.29, 1.82) is 0 Å². The topological polar surface area (TPSA) is 116 Å². The van der Waals surface area contributed by atoms with E-state index in [9.17, 15) is 14.9 Å². The highest BCUT2D eigenvalue weighted by Gasteiger charge is 2.10. The van der Waals surface area contributed by atoms with Gasteiger partial charge in [-0.1, -0.05) is 6.07 Å². The summed E-state index contributed by atoms with van der Waals surface area (Å²) in [6.07, 6.45) is 1.44. The molecule has 0 aliphatic carbocycles. The van der Waals surface area contributed by atoms with Gasteiger partial charge in [0.1, 0.15) is 6.33 Å². The molecule has 0 spiro atoms. The predicted octanol–water partition coefficient (Wildman–Crippen LogP) is 1.82. The summed E-state index contributed by atoms with van der Waals surface area (Å²) in [4.78, 5) is 22.4. The fraction of sp³-hybridized carbons (Fsp3) is 0. The average molecular weight is 310 g/mol. The van der Waals surface area contributed by atoms with Crippen LogP contribution in [0.2, 0.25) is 0 Å². The number of aromatic nitrogens is 4. The van der Waals surface area contributed by atoms with Gasteiger partial charge >= 0.3 is 0 Å². The molecule has 2 aromatic carbocycles. The minimum absolute atomic E-state index is 0.0863. The summed E-state index contributed by atoms with van der Waals surface area (Å²) in [5.41, 5.74) is 1.39. The molecule has 0 fully saturated rings. The third-order valence-electron chi connectivity index (χ3n) is 3.06. The van der Waals surface area contributed by atoms with Crippen LogP contribution in [0.1, 0.15) is 10.4 Å². The van der Waals surface area contributed by atoms with Gasteiger partial charge in [-0.3, -0.25) is 14.9 Å². The summed E-state index contributed by atoms with van der Waals surface area (Å²) in [5.74, 6) is -0.367. The van der Waals surface area contributed by atoms with Crippen molar-refractivity contribution in [2.75, 3.05) is 5.32 Å². The van der Waals surface area contributed by atoms with E-state index in [0.29, 0.717) is 16.9 Å². The minimum Gasteiger partial charge on any atom is -0.322 e. The largest absolute Gasteiger partial charge is 0.322 e. The summed E-state index contributed by atoms with van der Waals surface area (Å²) in [7, 11) is 0. The molecule has 0 bridgehead atoms. The van der Waals surface area contributed by atoms with Crippen LogP contribution in [0.25, 0.3) is 5.69 Å². The number of amides is 1. The van der Waals surface area contributed by atoms with Crippen LogP contribution >= 0.6 is 0 Å². The second kappa shape index (κ2) is 6.02. The SMILES string of the molecule is O=C(Nc1cccc([N+](=O)[O-])c1)c1ccc(-n2cnnn2)cc1. The molecule has 1 amide bonds. The van der Waals surface area contributed by atoms with E-state index in [2.05, 4.69) is 20.8 Å². The smallest absolute Gasteiger partial charge is 0.271 e. The molecule has 0 atom stereocenters. The Kier molecular flexibility index (Phi) is 3.75. The molecule has 0 aliphatic heterocycles. The first-order valence-electron chi connectivity index (χ1n) is 6.53. The number of carbonyl (C=O) groups excluding carboxylic acids is 1. The fourth-order valence-electron chi connectivity index (χ4n) is 1.95. The molecule has 23 heavy (non-hydrogen) atoms. The van der Waals surface area contributed by atoms with Crippen LogP contribution in [0, 0.1) is 10.1 Å². The Hall–Kier alpha value is -3.62. The van der Waals surface area contributed by atoms with Crippen LogP contribution in [0.15, 0.2) is 54.9 Å². The number of tetrazole rings is 1. The van der Waals surface area contributed by atoms with Gasteiger partial charge in [0.15, 0.2) is 0 Å². The zero-order valence-corrected chi connectivity index (χ0v) is 11.7. The normalized spacial score (nSPS) is 10.3. The van der Waals surface area contributed by atoms with Crippen molar-refractivity contribution in [3.8, 4) is 5.69 Å². The van der Waals surface area contributed by atoms with Crippen LogP contribution < -0.4 is 5.32 Å². The van der Waals surface area contributed by atoms with Gasteiger partial charge in [0.2, 0.25) is 0 Å². The van der Waals surface area contributed by atoms with E-state index >= 15 is 0 Å². The van der Waals surface area contributed by atoms with Gasteiger partial charge in [0, 0.05) is 23.4 Å². The lowest BCUT2D eigenvalue weighted by molar-refractivity contribution is -0.384. The summed E-state index contributed by atoms with van der Waals surface area (Å²) in [5, 5.41) is 24.2. The molecular weight excluding hydrogens is 300 g/mol. The number of hydrogen-bond acceptors (Lipinski definition) is 6. The number of rotatable bonds is 4. The van der Waals surface area contributed by atoms with Crippen LogP contribution in [0.5, 0.6) is 0 Å². The molecule has 114 valence electrons. The number of hydrogen-bond donors (Lipinski definition) is 1. The van der Waals surface area contributed by atoms with Crippen molar-refractivity contribution in [2.24, 2.45) is 0 Å². The maximum absolute atomic E-state index is 12.2. The van der Waals surface area contributed by atoms with E-state index in [1.54, 1.807) is 30.3 Å². The molecule has 0 unspecified atom stereocenters. The minimum atomic E-state index is -0.517. The Labute approximate surface area is 129 Å². The molecular formula is C14H10N6O3. The zero-order valence-electron chi connectivity index (χ0n) is 11.7. The Morgan fingerprint density at radius 2 is 1.96 bits per heavy atom. The number of carbonyl (C=O) groups is 1. The second-order valence-electron chi connectivity index (χ2n) is 4.56. The number of anilines is 1. The molecule has 1 heterocycles. The second-order valence-corrected chi connectivity index (χ2v) is 4.56. The van der Waals surface area contributed by atoms with E-state index in [1.165, 1.54) is 29.2 Å². The van der Waals surface area contributed by atoms with E-state index in [-0.39, 0.29) is 11.6 Å². The van der Waals surface area contributed by atoms with E-state index in [0.717, 1.165) is 0 Å². The molecule has 0 saturated carbocycles. The number of benzene rings is 2. The monoisotopic (exact) mass is 310 g/mol. The van der Waals surface area contributed by atoms with E-state index < -0.39 is 4.92 Å². The lowest BCUT2D eigenvalue weighted by Crippen LogP contribution is -2.12. The lowest BCUT2D eigenvalue weighted by Gasteiger charge is -2.06. The van der Waals surface area contributed by atoms with Gasteiger partial charge in [0.05, 0.1) is 10.6 Å². The Morgan fingerprint density at radius 3 is 2.61 bits per heavy atom. The van der Waals surface area contributed by atoms with Crippen LogP contribution in [-0.4, -0.2) is 31.0 Å². The van der Waals surface area contributed by atoms with E-state index in [1.807, 2.05) is 0 Å². The Bertz CT molecular complexity index is 845. The van der Waals surface area contributed by atoms with Gasteiger partial charge in [-0.2, -0.15) is 0 Å².